The molecule has 20 heavy (non-hydrogen) atoms. The van der Waals surface area contributed by atoms with E-state index in [1.807, 2.05) is 0 Å². The fourth-order valence-electron chi connectivity index (χ4n) is 6.28. The van der Waals surface area contributed by atoms with Crippen molar-refractivity contribution in [3.63, 3.8) is 0 Å². The number of nitrogens with zero attached hydrogens (tertiary/aromatic N) is 1. The van der Waals surface area contributed by atoms with E-state index in [2.05, 4.69) is 39.8 Å². The quantitative estimate of drug-likeness (QED) is 0.666. The maximum Gasteiger partial charge on any atom is 0.0836 e. The molecule has 0 saturated heterocycles. The minimum atomic E-state index is 0.444. The average molecular weight is 277 g/mol. The van der Waals surface area contributed by atoms with Gasteiger partial charge in [0.15, 0.2) is 0 Å². The predicted molar refractivity (Wildman–Crippen MR) is 83.2 cm³/mol. The SMILES string of the molecule is CC(CN=O)CC1C(C)C(C)[C@@H]2CC3CC3C2C1(C)C. The molecule has 0 N–H and O–H groups in total. The predicted octanol–water partition coefficient (Wildman–Crippen LogP) is 4.98. The summed E-state index contributed by atoms with van der Waals surface area (Å²) in [6.45, 7) is 12.7. The molecule has 0 aromatic carbocycles. The van der Waals surface area contributed by atoms with E-state index < -0.39 is 0 Å². The summed E-state index contributed by atoms with van der Waals surface area (Å²) in [5.41, 5.74) is 0.448. The van der Waals surface area contributed by atoms with Gasteiger partial charge in [0, 0.05) is 0 Å². The van der Waals surface area contributed by atoms with Crippen molar-refractivity contribution in [2.45, 2.75) is 53.9 Å². The maximum absolute atomic E-state index is 10.6. The van der Waals surface area contributed by atoms with Crippen LogP contribution in [0.1, 0.15) is 53.9 Å². The topological polar surface area (TPSA) is 29.4 Å². The van der Waals surface area contributed by atoms with Crippen LogP contribution in [0.15, 0.2) is 5.18 Å². The molecule has 0 aliphatic heterocycles. The van der Waals surface area contributed by atoms with Crippen LogP contribution in [0.5, 0.6) is 0 Å². The largest absolute Gasteiger partial charge is 0.151 e. The minimum absolute atomic E-state index is 0.444. The summed E-state index contributed by atoms with van der Waals surface area (Å²) in [6, 6.07) is 0. The summed E-state index contributed by atoms with van der Waals surface area (Å²) in [7, 11) is 0. The molecular formula is C18H31NO. The van der Waals surface area contributed by atoms with E-state index in [0.717, 1.165) is 41.4 Å². The molecule has 2 heteroatoms. The van der Waals surface area contributed by atoms with Gasteiger partial charge in [0.05, 0.1) is 6.54 Å². The first-order chi connectivity index (χ1) is 9.37. The van der Waals surface area contributed by atoms with Gasteiger partial charge < -0.3 is 0 Å². The fraction of sp³-hybridized carbons (Fsp3) is 1.00. The Hall–Kier alpha value is -0.400. The molecule has 2 nitrogen and oxygen atoms in total. The molecule has 114 valence electrons. The van der Waals surface area contributed by atoms with E-state index >= 15 is 0 Å². The third-order valence-electron chi connectivity index (χ3n) is 7.47. The van der Waals surface area contributed by atoms with E-state index in [-0.39, 0.29) is 0 Å². The molecule has 3 aliphatic carbocycles. The van der Waals surface area contributed by atoms with Crippen molar-refractivity contribution in [1.82, 2.24) is 0 Å². The Morgan fingerprint density at radius 1 is 1.15 bits per heavy atom. The summed E-state index contributed by atoms with van der Waals surface area (Å²) in [5.74, 6) is 6.87. The lowest BCUT2D eigenvalue weighted by Crippen LogP contribution is -2.49. The molecule has 0 aromatic heterocycles. The molecule has 3 aliphatic rings. The second-order valence-electron chi connectivity index (χ2n) is 8.88. The lowest BCUT2D eigenvalue weighted by Gasteiger charge is -2.55. The lowest BCUT2D eigenvalue weighted by atomic mass is 9.50. The van der Waals surface area contributed by atoms with E-state index in [1.54, 1.807) is 0 Å². The average Bonchev–Trinajstić information content (AvgIpc) is 3.02. The summed E-state index contributed by atoms with van der Waals surface area (Å²) in [4.78, 5) is 10.6. The van der Waals surface area contributed by atoms with Crippen LogP contribution < -0.4 is 0 Å². The first-order valence-electron chi connectivity index (χ1n) is 8.67. The van der Waals surface area contributed by atoms with Gasteiger partial charge in [-0.2, -0.15) is 4.91 Å². The van der Waals surface area contributed by atoms with Crippen molar-refractivity contribution < 1.29 is 0 Å². The van der Waals surface area contributed by atoms with Gasteiger partial charge in [0.1, 0.15) is 0 Å². The van der Waals surface area contributed by atoms with Gasteiger partial charge in [-0.25, -0.2) is 0 Å². The molecule has 7 unspecified atom stereocenters. The van der Waals surface area contributed by atoms with Gasteiger partial charge in [-0.1, -0.05) is 39.8 Å². The molecule has 0 aromatic rings. The van der Waals surface area contributed by atoms with E-state index in [9.17, 15) is 4.91 Å². The third kappa shape index (κ3) is 2.05. The Labute approximate surface area is 124 Å². The molecule has 8 atom stereocenters. The molecule has 3 fully saturated rings. The van der Waals surface area contributed by atoms with Crippen LogP contribution in [0.3, 0.4) is 0 Å². The zero-order valence-corrected chi connectivity index (χ0v) is 13.8. The Balaban J connectivity index is 1.82. The maximum atomic E-state index is 10.6. The van der Waals surface area contributed by atoms with Crippen LogP contribution in [0.4, 0.5) is 0 Å². The first-order valence-corrected chi connectivity index (χ1v) is 8.67. The highest BCUT2D eigenvalue weighted by atomic mass is 16.3. The molecule has 3 saturated carbocycles. The summed E-state index contributed by atoms with van der Waals surface area (Å²) in [5, 5.41) is 3.13. The van der Waals surface area contributed by atoms with Crippen LogP contribution in [0.25, 0.3) is 0 Å². The molecule has 0 radical (unpaired) electrons. The number of hydrogen-bond acceptors (Lipinski definition) is 2. The van der Waals surface area contributed by atoms with E-state index in [0.29, 0.717) is 17.9 Å². The molecule has 0 heterocycles. The van der Waals surface area contributed by atoms with Gasteiger partial charge in [-0.15, -0.1) is 0 Å². The second-order valence-corrected chi connectivity index (χ2v) is 8.88. The van der Waals surface area contributed by atoms with Crippen LogP contribution in [0.2, 0.25) is 0 Å². The van der Waals surface area contributed by atoms with Crippen molar-refractivity contribution >= 4 is 0 Å². The van der Waals surface area contributed by atoms with Crippen LogP contribution in [0, 0.1) is 57.7 Å². The molecule has 0 spiro atoms. The van der Waals surface area contributed by atoms with Crippen molar-refractivity contribution in [2.75, 3.05) is 6.54 Å². The van der Waals surface area contributed by atoms with Crippen LogP contribution >= 0.6 is 0 Å². The van der Waals surface area contributed by atoms with Gasteiger partial charge in [0.2, 0.25) is 0 Å². The zero-order valence-electron chi connectivity index (χ0n) is 13.8. The van der Waals surface area contributed by atoms with Crippen molar-refractivity contribution in [2.24, 2.45) is 57.9 Å². The third-order valence-corrected chi connectivity index (χ3v) is 7.47. The van der Waals surface area contributed by atoms with Crippen molar-refractivity contribution in [3.05, 3.63) is 4.91 Å². The Morgan fingerprint density at radius 3 is 2.45 bits per heavy atom. The molecular weight excluding hydrogens is 246 g/mol. The smallest absolute Gasteiger partial charge is 0.0836 e. The second kappa shape index (κ2) is 4.81. The number of fused-ring (bicyclic) bond motifs is 3. The number of hydrogen-bond donors (Lipinski definition) is 0. The summed E-state index contributed by atoms with van der Waals surface area (Å²) >= 11 is 0. The normalized spacial score (nSPS) is 50.1. The van der Waals surface area contributed by atoms with Crippen LogP contribution in [-0.4, -0.2) is 6.54 Å². The standard InChI is InChI=1S/C18H31NO/c1-10(9-19-20)6-16-12(3)11(2)14-7-13-8-15(13)17(14)18(16,4)5/h10-17H,6-9H2,1-5H3/t10?,11?,12?,13?,14-,15?,16?,17?/m0/s1. The van der Waals surface area contributed by atoms with Gasteiger partial charge in [0.25, 0.3) is 0 Å². The van der Waals surface area contributed by atoms with Crippen molar-refractivity contribution in [3.8, 4) is 0 Å². The Kier molecular flexibility index (Phi) is 3.50. The van der Waals surface area contributed by atoms with Crippen LogP contribution in [-0.2, 0) is 0 Å². The lowest BCUT2D eigenvalue weighted by molar-refractivity contribution is -0.0688. The van der Waals surface area contributed by atoms with Gasteiger partial charge in [-0.3, -0.25) is 0 Å². The molecule has 0 bridgehead atoms. The highest BCUT2D eigenvalue weighted by molar-refractivity contribution is 5.12. The van der Waals surface area contributed by atoms with Gasteiger partial charge >= 0.3 is 0 Å². The fourth-order valence-corrected chi connectivity index (χ4v) is 6.28. The summed E-state index contributed by atoms with van der Waals surface area (Å²) < 4.78 is 0. The van der Waals surface area contributed by atoms with E-state index in [1.165, 1.54) is 19.3 Å². The van der Waals surface area contributed by atoms with Gasteiger partial charge in [-0.05, 0) is 72.0 Å². The first kappa shape index (κ1) is 14.5. The highest BCUT2D eigenvalue weighted by Gasteiger charge is 2.63. The Bertz CT molecular complexity index is 391. The molecule has 3 rings (SSSR count). The number of nitroso groups, excluding NO2 is 1. The van der Waals surface area contributed by atoms with Crippen molar-refractivity contribution in [1.29, 1.82) is 0 Å². The zero-order chi connectivity index (χ0) is 14.7. The molecule has 0 amide bonds. The summed E-state index contributed by atoms with van der Waals surface area (Å²) in [6.07, 6.45) is 4.19. The Morgan fingerprint density at radius 2 is 1.80 bits per heavy atom. The van der Waals surface area contributed by atoms with E-state index in [4.69, 9.17) is 0 Å². The number of rotatable bonds is 4. The monoisotopic (exact) mass is 277 g/mol. The highest BCUT2D eigenvalue weighted by Crippen LogP contribution is 2.70. The minimum Gasteiger partial charge on any atom is -0.151 e.